The summed E-state index contributed by atoms with van der Waals surface area (Å²) in [5.74, 6) is 8.90. The van der Waals surface area contributed by atoms with Crippen molar-refractivity contribution in [3.63, 3.8) is 0 Å². The zero-order valence-electron chi connectivity index (χ0n) is 46.4. The Balaban J connectivity index is 0.743. The summed E-state index contributed by atoms with van der Waals surface area (Å²) in [5.41, 5.74) is 18.9. The number of phenolic OH excluding ortho intramolecular Hbond substituents is 1. The monoisotopic (exact) mass is 1090 g/mol. The van der Waals surface area contributed by atoms with Gasteiger partial charge >= 0.3 is 0 Å². The first-order valence-electron chi connectivity index (χ1n) is 29.8. The van der Waals surface area contributed by atoms with Crippen molar-refractivity contribution in [2.24, 2.45) is 74.1 Å². The minimum Gasteiger partial charge on any atom is -0.504 e. The zero-order chi connectivity index (χ0) is 53.6. The first-order chi connectivity index (χ1) is 37.3. The topological polar surface area (TPSA) is 220 Å². The van der Waals surface area contributed by atoms with Crippen LogP contribution in [-0.4, -0.2) is 101 Å². The minimum absolute atomic E-state index is 0.00546. The lowest BCUT2D eigenvalue weighted by Crippen LogP contribution is -2.56. The number of H-pyrrole nitrogens is 1. The van der Waals surface area contributed by atoms with Crippen LogP contribution in [0, 0.1) is 57.7 Å². The third-order valence-electron chi connectivity index (χ3n) is 21.5. The molecule has 2 aliphatic heterocycles. The van der Waals surface area contributed by atoms with Crippen LogP contribution in [0.1, 0.15) is 155 Å². The first-order valence-corrected chi connectivity index (χ1v) is 32.3. The highest BCUT2D eigenvalue weighted by molar-refractivity contribution is 8.76. The average molecular weight is 1090 g/mol. The van der Waals surface area contributed by atoms with Gasteiger partial charge in [0.05, 0.1) is 12.7 Å². The Morgan fingerprint density at radius 1 is 0.948 bits per heavy atom. The maximum absolute atomic E-state index is 12.0. The first kappa shape index (κ1) is 55.5. The number of aromatic nitrogens is 1. The fourth-order valence-corrected chi connectivity index (χ4v) is 20.7. The molecule has 0 amide bonds. The van der Waals surface area contributed by atoms with Crippen LogP contribution in [0.2, 0.25) is 0 Å². The molecule has 8 aliphatic carbocycles. The van der Waals surface area contributed by atoms with E-state index in [4.69, 9.17) is 20.6 Å². The van der Waals surface area contributed by atoms with Crippen molar-refractivity contribution in [3.05, 3.63) is 94.2 Å². The Labute approximate surface area is 466 Å². The number of benzene rings is 1. The van der Waals surface area contributed by atoms with Crippen molar-refractivity contribution >= 4 is 27.5 Å². The number of aromatic hydroxyl groups is 1. The van der Waals surface area contributed by atoms with E-state index in [2.05, 4.69) is 63.2 Å². The molecule has 0 radical (unpaired) electrons. The summed E-state index contributed by atoms with van der Waals surface area (Å²) >= 11 is 0. The highest BCUT2D eigenvalue weighted by Crippen LogP contribution is 2.73. The van der Waals surface area contributed by atoms with Crippen molar-refractivity contribution in [1.82, 2.24) is 20.9 Å². The van der Waals surface area contributed by atoms with Gasteiger partial charge in [-0.2, -0.15) is 0 Å². The molecule has 1 aromatic carbocycles. The SMILES string of the molecule is CN=C(N)NC1CSSCC2C(N)CC3CC(CCc4oc(CCc5ccc(O)c(OCC(O)c6cc7c([nH]6)C6C=CC8(CCCC8C68CCCC8)C7C(CNC)NCC(C)O)c5)cc4CO)CCC24C=CC(CC34)C1C. The normalized spacial score (nSPS) is 35.2. The van der Waals surface area contributed by atoms with Gasteiger partial charge in [-0.05, 0) is 172 Å². The number of likely N-dealkylation sites (N-methyl/N-ethyl adjacent to an activating group) is 1. The number of ether oxygens (including phenoxy) is 1. The van der Waals surface area contributed by atoms with Crippen LogP contribution in [0.4, 0.5) is 0 Å². The summed E-state index contributed by atoms with van der Waals surface area (Å²) in [6, 6.07) is 10.3. The summed E-state index contributed by atoms with van der Waals surface area (Å²) in [4.78, 5) is 8.07. The molecule has 13 nitrogen and oxygen atoms in total. The molecule has 10 aliphatic rings. The number of aromatic amines is 1. The third kappa shape index (κ3) is 10.5. The van der Waals surface area contributed by atoms with E-state index < -0.39 is 12.2 Å². The van der Waals surface area contributed by atoms with E-state index >= 15 is 0 Å². The van der Waals surface area contributed by atoms with Crippen LogP contribution >= 0.6 is 21.6 Å². The molecule has 1 saturated heterocycles. The summed E-state index contributed by atoms with van der Waals surface area (Å²) < 4.78 is 12.9. The summed E-state index contributed by atoms with van der Waals surface area (Å²) in [6.07, 6.45) is 26.6. The predicted molar refractivity (Wildman–Crippen MR) is 311 cm³/mol. The molecule has 16 unspecified atom stereocenters. The minimum atomic E-state index is -0.939. The van der Waals surface area contributed by atoms with Crippen molar-refractivity contribution in [2.75, 3.05) is 45.3 Å². The van der Waals surface area contributed by atoms with Gasteiger partial charge in [0.1, 0.15) is 24.2 Å². The lowest BCUT2D eigenvalue weighted by molar-refractivity contribution is -0.00529. The van der Waals surface area contributed by atoms with Crippen molar-refractivity contribution in [1.29, 1.82) is 0 Å². The fourth-order valence-electron chi connectivity index (χ4n) is 17.8. The Bertz CT molecular complexity index is 2610. The molecule has 5 fully saturated rings. The molecule has 3 aromatic rings. The number of rotatable bonds is 18. The number of phenols is 1. The maximum atomic E-state index is 12.0. The van der Waals surface area contributed by atoms with Gasteiger partial charge in [0.2, 0.25) is 0 Å². The van der Waals surface area contributed by atoms with Crippen LogP contribution in [-0.2, 0) is 25.9 Å². The van der Waals surface area contributed by atoms with Gasteiger partial charge in [0.15, 0.2) is 17.5 Å². The highest BCUT2D eigenvalue weighted by Gasteiger charge is 2.65. The van der Waals surface area contributed by atoms with Crippen LogP contribution in [0.3, 0.4) is 0 Å². The van der Waals surface area contributed by atoms with Crippen molar-refractivity contribution < 1.29 is 29.6 Å². The molecular formula is C62H91N7O6S2. The quantitative estimate of drug-likeness (QED) is 0.0249. The number of furan rings is 1. The number of aryl methyl sites for hydroxylation is 3. The summed E-state index contributed by atoms with van der Waals surface area (Å²) in [6.45, 7) is 5.46. The van der Waals surface area contributed by atoms with E-state index in [-0.39, 0.29) is 65.2 Å². The van der Waals surface area contributed by atoms with Gasteiger partial charge in [-0.1, -0.05) is 78.1 Å². The second-order valence-electron chi connectivity index (χ2n) is 25.5. The van der Waals surface area contributed by atoms with Gasteiger partial charge in [0, 0.05) is 96.8 Å². The van der Waals surface area contributed by atoms with E-state index in [0.717, 1.165) is 72.1 Å². The lowest BCUT2D eigenvalue weighted by Gasteiger charge is -2.56. The average Bonchev–Trinajstić information content (AvgIpc) is 3.54. The van der Waals surface area contributed by atoms with Crippen molar-refractivity contribution in [2.45, 2.75) is 165 Å². The highest BCUT2D eigenvalue weighted by atomic mass is 33.1. The Kier molecular flexibility index (Phi) is 16.7. The Morgan fingerprint density at radius 2 is 1.77 bits per heavy atom. The number of aliphatic imine (C=N–C) groups is 1. The predicted octanol–water partition coefficient (Wildman–Crippen LogP) is 9.17. The number of hydrogen-bond donors (Lipinski definition) is 10. The number of allylic oxidation sites excluding steroid dienone is 4. The number of nitrogens with two attached hydrogens (primary N) is 2. The molecule has 4 saturated carbocycles. The van der Waals surface area contributed by atoms with Crippen LogP contribution in [0.5, 0.6) is 11.5 Å². The van der Waals surface area contributed by atoms with Crippen LogP contribution in [0.15, 0.2) is 64.0 Å². The number of nitrogens with zero attached hydrogens (tertiary/aromatic N) is 1. The lowest BCUT2D eigenvalue weighted by atomic mass is 9.50. The maximum Gasteiger partial charge on any atom is 0.188 e. The molecule has 13 rings (SSSR count). The van der Waals surface area contributed by atoms with Gasteiger partial charge in [0.25, 0.3) is 0 Å². The molecule has 16 atom stereocenters. The van der Waals surface area contributed by atoms with E-state index in [1.807, 2.05) is 53.8 Å². The largest absolute Gasteiger partial charge is 0.504 e. The van der Waals surface area contributed by atoms with Gasteiger partial charge in [-0.3, -0.25) is 4.99 Å². The number of guanidine groups is 1. The number of hydrogen-bond acceptors (Lipinski definition) is 12. The number of fused-ring (bicyclic) bond motifs is 5. The van der Waals surface area contributed by atoms with Crippen LogP contribution < -0.4 is 32.2 Å². The molecule has 12 N–H and O–H groups in total. The second-order valence-corrected chi connectivity index (χ2v) is 28.0. The van der Waals surface area contributed by atoms with Gasteiger partial charge < -0.3 is 62.0 Å². The smallest absolute Gasteiger partial charge is 0.188 e. The number of aliphatic hydroxyl groups excluding tert-OH is 3. The van der Waals surface area contributed by atoms with E-state index in [0.29, 0.717) is 72.5 Å². The Hall–Kier alpha value is -3.41. The molecule has 2 aromatic heterocycles. The molecule has 3 spiro atoms. The van der Waals surface area contributed by atoms with Gasteiger partial charge in [-0.25, -0.2) is 0 Å². The standard InChI is InChI=1S/C62H91N7O6S2/c1-36(71)30-67-50(31-65-3)57-44-29-49(68-58(44)45-17-23-62(57)20-7-8-56(62)61(45)18-5-6-19-61)53(73)33-74-55-25-38(10-13-52(55)72)9-12-43-26-42(32-70)54(75-43)14-11-39-15-21-60-22-16-40-27-46(60)41(24-39)28-48(63)47(60)34-76-77-35-51(37(40)2)69-59(64)66-4/h10,13,16-17,22-23,25-26,29,36-37,39-41,45-48,50-51,53,56-57,65,67-68,70-73H,5-9,11-12,14-15,18-21,24,27-28,30-35,63H2,1-4H3,(H3,64,66,69). The third-order valence-corrected chi connectivity index (χ3v) is 23.9. The second kappa shape index (κ2) is 23.2. The molecule has 77 heavy (non-hydrogen) atoms. The molecule has 4 heterocycles. The Morgan fingerprint density at radius 3 is 2.56 bits per heavy atom. The number of aliphatic hydroxyl groups is 3. The van der Waals surface area contributed by atoms with Gasteiger partial charge in [-0.15, -0.1) is 0 Å². The summed E-state index contributed by atoms with van der Waals surface area (Å²) in [5, 5.41) is 54.9. The van der Waals surface area contributed by atoms with Crippen molar-refractivity contribution in [3.8, 4) is 11.5 Å². The fraction of sp³-hybridized carbons (Fsp3) is 0.694. The summed E-state index contributed by atoms with van der Waals surface area (Å²) in [7, 11) is 7.73. The molecular weight excluding hydrogens is 1000 g/mol. The molecule has 7 bridgehead atoms. The zero-order valence-corrected chi connectivity index (χ0v) is 48.0. The van der Waals surface area contributed by atoms with E-state index in [1.54, 1.807) is 13.1 Å². The van der Waals surface area contributed by atoms with E-state index in [1.165, 1.54) is 75.5 Å². The molecule has 422 valence electrons. The molecule has 15 heteroatoms. The number of nitrogens with one attached hydrogen (secondary N) is 4. The van der Waals surface area contributed by atoms with Crippen LogP contribution in [0.25, 0.3) is 0 Å². The van der Waals surface area contributed by atoms with E-state index in [9.17, 15) is 20.4 Å².